The number of hydrogen-bond donors (Lipinski definition) is 0. The van der Waals surface area contributed by atoms with Crippen molar-refractivity contribution in [2.75, 3.05) is 0 Å². The highest BCUT2D eigenvalue weighted by Gasteiger charge is 2.18. The zero-order valence-corrected chi connectivity index (χ0v) is 13.9. The van der Waals surface area contributed by atoms with Crippen LogP contribution in [-0.4, -0.2) is 18.7 Å². The third-order valence-corrected chi connectivity index (χ3v) is 3.97. The molecule has 124 valence electrons. The Labute approximate surface area is 139 Å². The fourth-order valence-corrected chi connectivity index (χ4v) is 2.80. The maximum atomic E-state index is 12.9. The predicted octanol–water partition coefficient (Wildman–Crippen LogP) is 2.25. The molecule has 6 nitrogen and oxygen atoms in total. The van der Waals surface area contributed by atoms with Gasteiger partial charge in [0.2, 0.25) is 0 Å². The summed E-state index contributed by atoms with van der Waals surface area (Å²) < 4.78 is 4.51. The lowest BCUT2D eigenvalue weighted by Crippen LogP contribution is -2.40. The molecule has 3 rings (SSSR count). The first-order valence-corrected chi connectivity index (χ1v) is 7.97. The van der Waals surface area contributed by atoms with Gasteiger partial charge in [-0.25, -0.2) is 14.3 Å². The third kappa shape index (κ3) is 2.50. The lowest BCUT2D eigenvalue weighted by Gasteiger charge is -2.12. The van der Waals surface area contributed by atoms with E-state index < -0.39 is 0 Å². The summed E-state index contributed by atoms with van der Waals surface area (Å²) in [6.07, 6.45) is 3.98. The van der Waals surface area contributed by atoms with E-state index in [0.717, 1.165) is 5.56 Å². The van der Waals surface area contributed by atoms with Crippen molar-refractivity contribution in [1.29, 1.82) is 0 Å². The number of aryl methyl sites for hydroxylation is 1. The molecule has 0 aliphatic rings. The monoisotopic (exact) mass is 324 g/mol. The smallest absolute Gasteiger partial charge is 0.321 e. The molecule has 0 amide bonds. The molecule has 0 saturated carbocycles. The third-order valence-electron chi connectivity index (χ3n) is 3.97. The van der Waals surface area contributed by atoms with E-state index in [2.05, 4.69) is 11.6 Å². The van der Waals surface area contributed by atoms with Crippen LogP contribution in [0.2, 0.25) is 0 Å². The molecule has 0 fully saturated rings. The summed E-state index contributed by atoms with van der Waals surface area (Å²) in [6.45, 7) is 8.47. The van der Waals surface area contributed by atoms with Crippen LogP contribution in [0, 0.1) is 6.92 Å². The van der Waals surface area contributed by atoms with E-state index in [-0.39, 0.29) is 11.2 Å². The van der Waals surface area contributed by atoms with Crippen molar-refractivity contribution < 1.29 is 0 Å². The average molecular weight is 324 g/mol. The predicted molar refractivity (Wildman–Crippen MR) is 94.8 cm³/mol. The Morgan fingerprint density at radius 2 is 1.92 bits per heavy atom. The number of fused-ring (bicyclic) bond motifs is 1. The van der Waals surface area contributed by atoms with E-state index in [4.69, 9.17) is 0 Å². The molecule has 0 spiro atoms. The van der Waals surface area contributed by atoms with Crippen molar-refractivity contribution in [1.82, 2.24) is 18.7 Å². The molecule has 2 heterocycles. The Morgan fingerprint density at radius 3 is 2.54 bits per heavy atom. The summed E-state index contributed by atoms with van der Waals surface area (Å²) >= 11 is 0. The van der Waals surface area contributed by atoms with Crippen LogP contribution in [0.1, 0.15) is 18.9 Å². The molecule has 6 heteroatoms. The van der Waals surface area contributed by atoms with Gasteiger partial charge in [0.15, 0.2) is 11.2 Å². The molecule has 0 aliphatic heterocycles. The maximum Gasteiger partial charge on any atom is 0.337 e. The van der Waals surface area contributed by atoms with Crippen LogP contribution < -0.4 is 11.2 Å². The van der Waals surface area contributed by atoms with Crippen LogP contribution in [0.25, 0.3) is 16.9 Å². The molecule has 0 bridgehead atoms. The molecule has 0 N–H and O–H groups in total. The van der Waals surface area contributed by atoms with Gasteiger partial charge >= 0.3 is 5.69 Å². The van der Waals surface area contributed by atoms with Gasteiger partial charge < -0.3 is 4.57 Å². The molecule has 3 aromatic rings. The minimum atomic E-state index is -0.359. The second-order valence-electron chi connectivity index (χ2n) is 5.77. The van der Waals surface area contributed by atoms with Gasteiger partial charge in [0, 0.05) is 13.1 Å². The van der Waals surface area contributed by atoms with Crippen molar-refractivity contribution >= 4 is 11.2 Å². The number of benzene rings is 1. The number of imidazole rings is 1. The van der Waals surface area contributed by atoms with E-state index >= 15 is 0 Å². The largest absolute Gasteiger partial charge is 0.337 e. The minimum absolute atomic E-state index is 0.306. The second-order valence-corrected chi connectivity index (χ2v) is 5.77. The first-order chi connectivity index (χ1) is 11.6. The number of aromatic nitrogens is 4. The summed E-state index contributed by atoms with van der Waals surface area (Å²) in [5, 5.41) is 0. The standard InChI is InChI=1S/C18H20N4O2/c1-4-10-20-12-19-16-15(20)17(23)21(11-5-2)18(24)22(16)14-8-6-13(3)7-9-14/h4,6-9,12H,1,5,10-11H2,2-3H3. The van der Waals surface area contributed by atoms with Gasteiger partial charge in [-0.05, 0) is 25.5 Å². The highest BCUT2D eigenvalue weighted by atomic mass is 16.2. The number of allylic oxidation sites excluding steroid dienone is 1. The average Bonchev–Trinajstić information content (AvgIpc) is 2.97. The number of nitrogens with zero attached hydrogens (tertiary/aromatic N) is 4. The van der Waals surface area contributed by atoms with Crippen molar-refractivity contribution in [2.45, 2.75) is 33.4 Å². The molecule has 24 heavy (non-hydrogen) atoms. The second kappa shape index (κ2) is 6.31. The van der Waals surface area contributed by atoms with Gasteiger partial charge in [-0.2, -0.15) is 0 Å². The van der Waals surface area contributed by atoms with Gasteiger partial charge in [0.25, 0.3) is 5.56 Å². The van der Waals surface area contributed by atoms with Crippen LogP contribution in [-0.2, 0) is 13.1 Å². The van der Waals surface area contributed by atoms with Gasteiger partial charge in [0.1, 0.15) is 0 Å². The van der Waals surface area contributed by atoms with Crippen molar-refractivity contribution in [3.63, 3.8) is 0 Å². The van der Waals surface area contributed by atoms with E-state index in [1.54, 1.807) is 17.0 Å². The summed E-state index contributed by atoms with van der Waals surface area (Å²) in [4.78, 5) is 30.0. The SMILES string of the molecule is C=CCn1cnc2c1c(=O)n(CCC)c(=O)n2-c1ccc(C)cc1. The molecule has 2 aromatic heterocycles. The lowest BCUT2D eigenvalue weighted by molar-refractivity contribution is 0.604. The Morgan fingerprint density at radius 1 is 1.21 bits per heavy atom. The Balaban J connectivity index is 2.43. The molecule has 0 radical (unpaired) electrons. The molecule has 0 unspecified atom stereocenters. The summed E-state index contributed by atoms with van der Waals surface area (Å²) in [6, 6.07) is 7.60. The number of rotatable bonds is 5. The topological polar surface area (TPSA) is 61.8 Å². The highest BCUT2D eigenvalue weighted by molar-refractivity contribution is 5.72. The van der Waals surface area contributed by atoms with E-state index in [1.165, 1.54) is 9.13 Å². The van der Waals surface area contributed by atoms with Gasteiger partial charge in [-0.1, -0.05) is 30.7 Å². The quantitative estimate of drug-likeness (QED) is 0.676. The fraction of sp³-hybridized carbons (Fsp3) is 0.278. The summed E-state index contributed by atoms with van der Waals surface area (Å²) in [5.41, 5.74) is 1.93. The first kappa shape index (κ1) is 16.0. The lowest BCUT2D eigenvalue weighted by atomic mass is 10.2. The van der Waals surface area contributed by atoms with Crippen LogP contribution in [0.3, 0.4) is 0 Å². The minimum Gasteiger partial charge on any atom is -0.321 e. The van der Waals surface area contributed by atoms with Crippen molar-refractivity contribution in [3.8, 4) is 5.69 Å². The van der Waals surface area contributed by atoms with Gasteiger partial charge in [-0.3, -0.25) is 9.36 Å². The van der Waals surface area contributed by atoms with E-state index in [9.17, 15) is 9.59 Å². The normalized spacial score (nSPS) is 11.1. The Kier molecular flexibility index (Phi) is 4.20. The zero-order valence-electron chi connectivity index (χ0n) is 13.9. The Hall–Kier alpha value is -2.89. The first-order valence-electron chi connectivity index (χ1n) is 7.97. The van der Waals surface area contributed by atoms with E-state index in [1.807, 2.05) is 38.1 Å². The maximum absolute atomic E-state index is 12.9. The molecule has 0 aliphatic carbocycles. The van der Waals surface area contributed by atoms with Crippen molar-refractivity contribution in [3.05, 3.63) is 69.6 Å². The highest BCUT2D eigenvalue weighted by Crippen LogP contribution is 2.14. The molecule has 1 aromatic carbocycles. The van der Waals surface area contributed by atoms with Gasteiger partial charge in [0.05, 0.1) is 12.0 Å². The molecular formula is C18H20N4O2. The number of hydrogen-bond acceptors (Lipinski definition) is 3. The van der Waals surface area contributed by atoms with Crippen LogP contribution in [0.15, 0.2) is 52.8 Å². The summed E-state index contributed by atoms with van der Waals surface area (Å²) in [7, 11) is 0. The molecule has 0 atom stereocenters. The Bertz CT molecular complexity index is 1010. The van der Waals surface area contributed by atoms with Crippen LogP contribution in [0.4, 0.5) is 0 Å². The van der Waals surface area contributed by atoms with Crippen molar-refractivity contribution in [2.24, 2.45) is 0 Å². The molecule has 0 saturated heterocycles. The fourth-order valence-electron chi connectivity index (χ4n) is 2.80. The molecular weight excluding hydrogens is 304 g/mol. The van der Waals surface area contributed by atoms with Crippen LogP contribution >= 0.6 is 0 Å². The van der Waals surface area contributed by atoms with Gasteiger partial charge in [-0.15, -0.1) is 6.58 Å². The van der Waals surface area contributed by atoms with E-state index in [0.29, 0.717) is 36.4 Å². The van der Waals surface area contributed by atoms with Crippen LogP contribution in [0.5, 0.6) is 0 Å². The zero-order chi connectivity index (χ0) is 17.3. The summed E-state index contributed by atoms with van der Waals surface area (Å²) in [5.74, 6) is 0.